The van der Waals surface area contributed by atoms with Gasteiger partial charge < -0.3 is 15.3 Å². The number of aliphatic carboxylic acids is 1. The first kappa shape index (κ1) is 13.7. The fourth-order valence-corrected chi connectivity index (χ4v) is 1.33. The van der Waals surface area contributed by atoms with Gasteiger partial charge in [0.05, 0.1) is 0 Å². The largest absolute Gasteiger partial charge is 0.481 e. The molecule has 0 radical (unpaired) electrons. The molecule has 2 N–H and O–H groups in total. The van der Waals surface area contributed by atoms with Crippen molar-refractivity contribution in [2.24, 2.45) is 0 Å². The van der Waals surface area contributed by atoms with E-state index in [1.165, 1.54) is 11.0 Å². The lowest BCUT2D eigenvalue weighted by Crippen LogP contribution is -2.22. The minimum absolute atomic E-state index is 0.190. The molecule has 1 aromatic rings. The normalized spacial score (nSPS) is 9.67. The molecule has 18 heavy (non-hydrogen) atoms. The molecule has 1 rings (SSSR count). The SMILES string of the molecule is CN(C)C(=O)c1cccc(NC(=O)CC(=O)O)c1. The molecule has 0 heterocycles. The zero-order valence-corrected chi connectivity index (χ0v) is 10.1. The van der Waals surface area contributed by atoms with Gasteiger partial charge in [0, 0.05) is 25.3 Å². The second kappa shape index (κ2) is 5.81. The number of carbonyl (C=O) groups is 3. The van der Waals surface area contributed by atoms with Crippen molar-refractivity contribution >= 4 is 23.5 Å². The first-order valence-electron chi connectivity index (χ1n) is 5.23. The highest BCUT2D eigenvalue weighted by atomic mass is 16.4. The molecule has 0 saturated heterocycles. The molecule has 0 saturated carbocycles. The standard InChI is InChI=1S/C12H14N2O4/c1-14(2)12(18)8-4-3-5-9(6-8)13-10(15)7-11(16)17/h3-6H,7H2,1-2H3,(H,13,15)(H,16,17). The van der Waals surface area contributed by atoms with Crippen LogP contribution in [0.25, 0.3) is 0 Å². The van der Waals surface area contributed by atoms with Crippen LogP contribution in [0.3, 0.4) is 0 Å². The molecule has 0 aromatic heterocycles. The van der Waals surface area contributed by atoms with Gasteiger partial charge in [0.25, 0.3) is 5.91 Å². The lowest BCUT2D eigenvalue weighted by atomic mass is 10.2. The molecule has 0 bridgehead atoms. The molecule has 6 heteroatoms. The van der Waals surface area contributed by atoms with Crippen LogP contribution in [0, 0.1) is 0 Å². The van der Waals surface area contributed by atoms with E-state index < -0.39 is 18.3 Å². The van der Waals surface area contributed by atoms with Gasteiger partial charge in [-0.3, -0.25) is 14.4 Å². The first-order chi connectivity index (χ1) is 8.40. The molecular weight excluding hydrogens is 236 g/mol. The van der Waals surface area contributed by atoms with E-state index in [1.807, 2.05) is 0 Å². The Morgan fingerprint density at radius 3 is 2.50 bits per heavy atom. The lowest BCUT2D eigenvalue weighted by molar-refractivity contribution is -0.139. The number of carboxylic acid groups (broad SMARTS) is 1. The van der Waals surface area contributed by atoms with Crippen LogP contribution in [0.2, 0.25) is 0 Å². The van der Waals surface area contributed by atoms with Crippen molar-refractivity contribution in [1.29, 1.82) is 0 Å². The second-order valence-electron chi connectivity index (χ2n) is 3.90. The zero-order valence-electron chi connectivity index (χ0n) is 10.1. The average Bonchev–Trinajstić information content (AvgIpc) is 2.26. The molecule has 2 amide bonds. The Morgan fingerprint density at radius 2 is 1.94 bits per heavy atom. The molecule has 6 nitrogen and oxygen atoms in total. The van der Waals surface area contributed by atoms with E-state index in [1.54, 1.807) is 32.3 Å². The predicted molar refractivity (Wildman–Crippen MR) is 65.3 cm³/mol. The summed E-state index contributed by atoms with van der Waals surface area (Å²) in [5.41, 5.74) is 0.821. The molecule has 96 valence electrons. The van der Waals surface area contributed by atoms with E-state index >= 15 is 0 Å². The van der Waals surface area contributed by atoms with Crippen molar-refractivity contribution in [1.82, 2.24) is 4.90 Å². The van der Waals surface area contributed by atoms with Crippen molar-refractivity contribution in [3.8, 4) is 0 Å². The summed E-state index contributed by atoms with van der Waals surface area (Å²) in [6.07, 6.45) is -0.605. The number of hydrogen-bond donors (Lipinski definition) is 2. The Balaban J connectivity index is 2.80. The fraction of sp³-hybridized carbons (Fsp3) is 0.250. The molecule has 0 aliphatic carbocycles. The summed E-state index contributed by atoms with van der Waals surface area (Å²) >= 11 is 0. The minimum Gasteiger partial charge on any atom is -0.481 e. The van der Waals surface area contributed by atoms with Gasteiger partial charge in [0.1, 0.15) is 6.42 Å². The Bertz CT molecular complexity index is 483. The van der Waals surface area contributed by atoms with E-state index in [4.69, 9.17) is 5.11 Å². The maximum absolute atomic E-state index is 11.7. The number of carbonyl (C=O) groups excluding carboxylic acids is 2. The number of benzene rings is 1. The van der Waals surface area contributed by atoms with Crippen molar-refractivity contribution in [3.63, 3.8) is 0 Å². The highest BCUT2D eigenvalue weighted by molar-refractivity contribution is 6.02. The lowest BCUT2D eigenvalue weighted by Gasteiger charge is -2.11. The number of nitrogens with one attached hydrogen (secondary N) is 1. The van der Waals surface area contributed by atoms with Gasteiger partial charge in [-0.15, -0.1) is 0 Å². The van der Waals surface area contributed by atoms with Gasteiger partial charge >= 0.3 is 5.97 Å². The Labute approximate surface area is 104 Å². The molecule has 0 fully saturated rings. The maximum atomic E-state index is 11.7. The van der Waals surface area contributed by atoms with E-state index in [-0.39, 0.29) is 5.91 Å². The van der Waals surface area contributed by atoms with Crippen LogP contribution in [0.1, 0.15) is 16.8 Å². The molecule has 1 aromatic carbocycles. The fourth-order valence-electron chi connectivity index (χ4n) is 1.33. The smallest absolute Gasteiger partial charge is 0.312 e. The topological polar surface area (TPSA) is 86.7 Å². The van der Waals surface area contributed by atoms with Gasteiger partial charge in [-0.05, 0) is 18.2 Å². The summed E-state index contributed by atoms with van der Waals surface area (Å²) in [4.78, 5) is 34.7. The molecule has 0 aliphatic rings. The van der Waals surface area contributed by atoms with E-state index in [2.05, 4.69) is 5.32 Å². The van der Waals surface area contributed by atoms with Crippen LogP contribution in [0.15, 0.2) is 24.3 Å². The van der Waals surface area contributed by atoms with Crippen LogP contribution < -0.4 is 5.32 Å². The summed E-state index contributed by atoms with van der Waals surface area (Å²) in [7, 11) is 3.25. The van der Waals surface area contributed by atoms with Crippen molar-refractivity contribution in [2.75, 3.05) is 19.4 Å². The average molecular weight is 250 g/mol. The summed E-state index contributed by atoms with van der Waals surface area (Å²) in [6.45, 7) is 0. The van der Waals surface area contributed by atoms with Gasteiger partial charge in [-0.25, -0.2) is 0 Å². The number of amides is 2. The molecule has 0 spiro atoms. The van der Waals surface area contributed by atoms with E-state index in [0.717, 1.165) is 0 Å². The highest BCUT2D eigenvalue weighted by Gasteiger charge is 2.11. The van der Waals surface area contributed by atoms with Crippen molar-refractivity contribution in [2.45, 2.75) is 6.42 Å². The van der Waals surface area contributed by atoms with Crippen molar-refractivity contribution < 1.29 is 19.5 Å². The Morgan fingerprint density at radius 1 is 1.28 bits per heavy atom. The zero-order chi connectivity index (χ0) is 13.7. The summed E-state index contributed by atoms with van der Waals surface area (Å²) in [5, 5.41) is 10.9. The number of rotatable bonds is 4. The number of carboxylic acids is 1. The first-order valence-corrected chi connectivity index (χ1v) is 5.23. The van der Waals surface area contributed by atoms with E-state index in [9.17, 15) is 14.4 Å². The number of anilines is 1. The van der Waals surface area contributed by atoms with E-state index in [0.29, 0.717) is 11.3 Å². The summed E-state index contributed by atoms with van der Waals surface area (Å²) in [5.74, 6) is -2.02. The predicted octanol–water partition coefficient (Wildman–Crippen LogP) is 0.802. The third-order valence-corrected chi connectivity index (χ3v) is 2.11. The van der Waals surface area contributed by atoms with Crippen LogP contribution in [0.5, 0.6) is 0 Å². The van der Waals surface area contributed by atoms with Crippen LogP contribution >= 0.6 is 0 Å². The number of hydrogen-bond acceptors (Lipinski definition) is 3. The van der Waals surface area contributed by atoms with Crippen LogP contribution in [-0.4, -0.2) is 41.9 Å². The van der Waals surface area contributed by atoms with Crippen LogP contribution in [0.4, 0.5) is 5.69 Å². The molecule has 0 unspecified atom stereocenters. The van der Waals surface area contributed by atoms with Crippen LogP contribution in [-0.2, 0) is 9.59 Å². The third-order valence-electron chi connectivity index (χ3n) is 2.11. The van der Waals surface area contributed by atoms with Crippen molar-refractivity contribution in [3.05, 3.63) is 29.8 Å². The molecular formula is C12H14N2O4. The summed E-state index contributed by atoms with van der Waals surface area (Å²) in [6, 6.07) is 6.33. The number of nitrogens with zero attached hydrogens (tertiary/aromatic N) is 1. The minimum atomic E-state index is -1.20. The van der Waals surface area contributed by atoms with Gasteiger partial charge in [0.2, 0.25) is 5.91 Å². The molecule has 0 aliphatic heterocycles. The van der Waals surface area contributed by atoms with Gasteiger partial charge in [-0.2, -0.15) is 0 Å². The quantitative estimate of drug-likeness (QED) is 0.774. The summed E-state index contributed by atoms with van der Waals surface area (Å²) < 4.78 is 0. The Kier molecular flexibility index (Phi) is 4.42. The monoisotopic (exact) mass is 250 g/mol. The molecule has 0 atom stereocenters. The van der Waals surface area contributed by atoms with Gasteiger partial charge in [0.15, 0.2) is 0 Å². The Hall–Kier alpha value is -2.37. The maximum Gasteiger partial charge on any atom is 0.312 e. The highest BCUT2D eigenvalue weighted by Crippen LogP contribution is 2.12. The second-order valence-corrected chi connectivity index (χ2v) is 3.90. The third kappa shape index (κ3) is 3.89. The van der Waals surface area contributed by atoms with Gasteiger partial charge in [-0.1, -0.05) is 6.07 Å².